The lowest BCUT2D eigenvalue weighted by atomic mass is 10.1. The third-order valence-electron chi connectivity index (χ3n) is 5.21. The summed E-state index contributed by atoms with van der Waals surface area (Å²) in [4.78, 5) is 18.8. The summed E-state index contributed by atoms with van der Waals surface area (Å²) < 4.78 is 11.2. The Morgan fingerprint density at radius 2 is 1.80 bits per heavy atom. The molecular formula is C24H27N3O3. The number of hydrogen-bond donors (Lipinski definition) is 1. The zero-order chi connectivity index (χ0) is 20.6. The number of amides is 1. The summed E-state index contributed by atoms with van der Waals surface area (Å²) in [7, 11) is 0. The number of morpholine rings is 1. The van der Waals surface area contributed by atoms with Gasteiger partial charge in [-0.3, -0.25) is 4.79 Å². The number of rotatable bonds is 8. The summed E-state index contributed by atoms with van der Waals surface area (Å²) in [5.41, 5.74) is 3.31. The van der Waals surface area contributed by atoms with Gasteiger partial charge in [0.05, 0.1) is 19.4 Å². The minimum Gasteiger partial charge on any atom is -0.441 e. The van der Waals surface area contributed by atoms with Crippen molar-refractivity contribution < 1.29 is 13.9 Å². The molecule has 0 bridgehead atoms. The van der Waals surface area contributed by atoms with Crippen LogP contribution < -0.4 is 10.2 Å². The van der Waals surface area contributed by atoms with Crippen LogP contribution in [0.1, 0.15) is 24.3 Å². The van der Waals surface area contributed by atoms with E-state index in [-0.39, 0.29) is 5.91 Å². The standard InChI is InChI=1S/C24H27N3O3/c28-23(7-4-8-24-26-18-22(30-24)20-5-2-1-3-6-20)25-17-19-9-11-21(12-10-19)27-13-15-29-16-14-27/h1-3,5-6,9-12,18H,4,7-8,13-17H2,(H,25,28). The smallest absolute Gasteiger partial charge is 0.220 e. The maximum Gasteiger partial charge on any atom is 0.220 e. The lowest BCUT2D eigenvalue weighted by Crippen LogP contribution is -2.36. The van der Waals surface area contributed by atoms with Crippen LogP contribution in [0.15, 0.2) is 65.2 Å². The van der Waals surface area contributed by atoms with Crippen molar-refractivity contribution >= 4 is 11.6 Å². The quantitative estimate of drug-likeness (QED) is 0.617. The van der Waals surface area contributed by atoms with Crippen LogP contribution in [0, 0.1) is 0 Å². The number of ether oxygens (including phenoxy) is 1. The Labute approximate surface area is 176 Å². The molecule has 6 heteroatoms. The monoisotopic (exact) mass is 405 g/mol. The Kier molecular flexibility index (Phi) is 6.77. The molecular weight excluding hydrogens is 378 g/mol. The van der Waals surface area contributed by atoms with Crippen molar-refractivity contribution in [2.75, 3.05) is 31.2 Å². The number of hydrogen-bond acceptors (Lipinski definition) is 5. The average molecular weight is 405 g/mol. The molecule has 1 amide bonds. The Hall–Kier alpha value is -3.12. The Morgan fingerprint density at radius 1 is 1.03 bits per heavy atom. The second kappa shape index (κ2) is 10.1. The van der Waals surface area contributed by atoms with Gasteiger partial charge >= 0.3 is 0 Å². The molecule has 0 radical (unpaired) electrons. The highest BCUT2D eigenvalue weighted by Gasteiger charge is 2.11. The molecule has 0 spiro atoms. The summed E-state index contributed by atoms with van der Waals surface area (Å²) in [6.45, 7) is 3.94. The SMILES string of the molecule is O=C(CCCc1ncc(-c2ccccc2)o1)NCc1ccc(N2CCOCC2)cc1. The highest BCUT2D eigenvalue weighted by molar-refractivity contribution is 5.75. The van der Waals surface area contributed by atoms with E-state index >= 15 is 0 Å². The third-order valence-corrected chi connectivity index (χ3v) is 5.21. The van der Waals surface area contributed by atoms with Gasteiger partial charge in [-0.15, -0.1) is 0 Å². The van der Waals surface area contributed by atoms with E-state index in [0.717, 1.165) is 43.2 Å². The molecule has 2 aromatic carbocycles. The van der Waals surface area contributed by atoms with Crippen molar-refractivity contribution in [2.45, 2.75) is 25.8 Å². The molecule has 30 heavy (non-hydrogen) atoms. The summed E-state index contributed by atoms with van der Waals surface area (Å²) in [6.07, 6.45) is 3.55. The van der Waals surface area contributed by atoms with Gasteiger partial charge in [0.15, 0.2) is 11.7 Å². The maximum atomic E-state index is 12.2. The number of oxazole rings is 1. The average Bonchev–Trinajstić information content (AvgIpc) is 3.28. The molecule has 6 nitrogen and oxygen atoms in total. The number of nitrogens with zero attached hydrogens (tertiary/aromatic N) is 2. The van der Waals surface area contributed by atoms with Gasteiger partial charge in [-0.25, -0.2) is 4.98 Å². The van der Waals surface area contributed by atoms with Crippen molar-refractivity contribution in [3.05, 3.63) is 72.2 Å². The zero-order valence-corrected chi connectivity index (χ0v) is 17.0. The second-order valence-electron chi connectivity index (χ2n) is 7.38. The number of anilines is 1. The summed E-state index contributed by atoms with van der Waals surface area (Å²) in [5, 5.41) is 2.99. The first kappa shape index (κ1) is 20.2. The van der Waals surface area contributed by atoms with Crippen molar-refractivity contribution in [1.29, 1.82) is 0 Å². The topological polar surface area (TPSA) is 67.6 Å². The van der Waals surface area contributed by atoms with Gasteiger partial charge < -0.3 is 19.4 Å². The van der Waals surface area contributed by atoms with Gasteiger partial charge in [-0.2, -0.15) is 0 Å². The molecule has 1 N–H and O–H groups in total. The van der Waals surface area contributed by atoms with Crippen molar-refractivity contribution in [2.24, 2.45) is 0 Å². The van der Waals surface area contributed by atoms with Crippen LogP contribution in [0.25, 0.3) is 11.3 Å². The van der Waals surface area contributed by atoms with Crippen LogP contribution in [0.5, 0.6) is 0 Å². The minimum absolute atomic E-state index is 0.0436. The predicted molar refractivity (Wildman–Crippen MR) is 116 cm³/mol. The van der Waals surface area contributed by atoms with E-state index in [1.165, 1.54) is 5.69 Å². The molecule has 3 aromatic rings. The molecule has 0 atom stereocenters. The fraction of sp³-hybridized carbons (Fsp3) is 0.333. The normalized spacial score (nSPS) is 13.9. The van der Waals surface area contributed by atoms with Crippen LogP contribution >= 0.6 is 0 Å². The van der Waals surface area contributed by atoms with Crippen molar-refractivity contribution in [3.63, 3.8) is 0 Å². The molecule has 156 valence electrons. The zero-order valence-electron chi connectivity index (χ0n) is 17.0. The first-order chi connectivity index (χ1) is 14.8. The number of carbonyl (C=O) groups is 1. The van der Waals surface area contributed by atoms with E-state index in [0.29, 0.717) is 31.7 Å². The highest BCUT2D eigenvalue weighted by Crippen LogP contribution is 2.20. The summed E-state index contributed by atoms with van der Waals surface area (Å²) >= 11 is 0. The Morgan fingerprint density at radius 3 is 2.57 bits per heavy atom. The fourth-order valence-corrected chi connectivity index (χ4v) is 3.50. The van der Waals surface area contributed by atoms with Gasteiger partial charge in [0, 0.05) is 43.7 Å². The lowest BCUT2D eigenvalue weighted by Gasteiger charge is -2.28. The van der Waals surface area contributed by atoms with E-state index in [1.807, 2.05) is 30.3 Å². The number of aromatic nitrogens is 1. The van der Waals surface area contributed by atoms with E-state index < -0.39 is 0 Å². The Balaban J connectivity index is 1.18. The first-order valence-corrected chi connectivity index (χ1v) is 10.5. The van der Waals surface area contributed by atoms with Crippen LogP contribution in [0.2, 0.25) is 0 Å². The molecule has 1 aliphatic heterocycles. The minimum atomic E-state index is 0.0436. The maximum absolute atomic E-state index is 12.2. The largest absolute Gasteiger partial charge is 0.441 e. The molecule has 0 aliphatic carbocycles. The lowest BCUT2D eigenvalue weighted by molar-refractivity contribution is -0.121. The molecule has 1 saturated heterocycles. The highest BCUT2D eigenvalue weighted by atomic mass is 16.5. The molecule has 2 heterocycles. The van der Waals surface area contributed by atoms with E-state index in [9.17, 15) is 4.79 Å². The van der Waals surface area contributed by atoms with Crippen LogP contribution in [0.4, 0.5) is 5.69 Å². The number of carbonyl (C=O) groups excluding carboxylic acids is 1. The van der Waals surface area contributed by atoms with Crippen LogP contribution in [-0.2, 0) is 22.5 Å². The van der Waals surface area contributed by atoms with Gasteiger partial charge in [0.25, 0.3) is 0 Å². The second-order valence-corrected chi connectivity index (χ2v) is 7.38. The van der Waals surface area contributed by atoms with Gasteiger partial charge in [-0.05, 0) is 24.1 Å². The summed E-state index contributed by atoms with van der Waals surface area (Å²) in [6, 6.07) is 18.3. The fourth-order valence-electron chi connectivity index (χ4n) is 3.50. The first-order valence-electron chi connectivity index (χ1n) is 10.5. The molecule has 0 saturated carbocycles. The van der Waals surface area contributed by atoms with Gasteiger partial charge in [0.2, 0.25) is 5.91 Å². The van der Waals surface area contributed by atoms with Crippen molar-refractivity contribution in [3.8, 4) is 11.3 Å². The molecule has 0 unspecified atom stereocenters. The number of nitrogens with one attached hydrogen (secondary N) is 1. The van der Waals surface area contributed by atoms with E-state index in [1.54, 1.807) is 6.20 Å². The predicted octanol–water partition coefficient (Wildman–Crippen LogP) is 3.82. The third kappa shape index (κ3) is 5.48. The van der Waals surface area contributed by atoms with E-state index in [2.05, 4.69) is 39.5 Å². The van der Waals surface area contributed by atoms with Gasteiger partial charge in [-0.1, -0.05) is 42.5 Å². The Bertz CT molecular complexity index is 932. The molecule has 1 fully saturated rings. The molecule has 4 rings (SSSR count). The number of benzene rings is 2. The van der Waals surface area contributed by atoms with Crippen LogP contribution in [0.3, 0.4) is 0 Å². The molecule has 1 aliphatic rings. The van der Waals surface area contributed by atoms with Crippen LogP contribution in [-0.4, -0.2) is 37.2 Å². The van der Waals surface area contributed by atoms with E-state index in [4.69, 9.17) is 9.15 Å². The van der Waals surface area contributed by atoms with Gasteiger partial charge in [0.1, 0.15) is 0 Å². The summed E-state index contributed by atoms with van der Waals surface area (Å²) in [5.74, 6) is 1.47. The molecule has 1 aromatic heterocycles. The van der Waals surface area contributed by atoms with Crippen molar-refractivity contribution in [1.82, 2.24) is 10.3 Å². The number of aryl methyl sites for hydroxylation is 1.